The van der Waals surface area contributed by atoms with Crippen LogP contribution in [0.2, 0.25) is 0 Å². The molecule has 3 heterocycles. The molecular weight excluding hydrogens is 583 g/mol. The number of aromatic nitrogens is 3. The van der Waals surface area contributed by atoms with Crippen molar-refractivity contribution in [1.29, 1.82) is 5.26 Å². The average Bonchev–Trinajstić information content (AvgIpc) is 3.61. The summed E-state index contributed by atoms with van der Waals surface area (Å²) in [5.74, 6) is -0.925. The van der Waals surface area contributed by atoms with E-state index in [0.717, 1.165) is 11.3 Å². The fraction of sp³-hybridized carbons (Fsp3) is 0.296. The molecule has 0 spiro atoms. The molecule has 1 atom stereocenters. The van der Waals surface area contributed by atoms with Crippen LogP contribution in [-0.4, -0.2) is 45.2 Å². The van der Waals surface area contributed by atoms with Crippen molar-refractivity contribution in [2.24, 2.45) is 5.73 Å². The minimum Gasteiger partial charge on any atom is -0.466 e. The zero-order chi connectivity index (χ0) is 28.9. The Labute approximate surface area is 248 Å². The van der Waals surface area contributed by atoms with E-state index in [2.05, 4.69) is 26.6 Å². The van der Waals surface area contributed by atoms with Crippen LogP contribution in [0, 0.1) is 11.3 Å². The third kappa shape index (κ3) is 6.17. The van der Waals surface area contributed by atoms with Gasteiger partial charge in [0, 0.05) is 23.1 Å². The molecule has 14 heteroatoms. The number of nitriles is 1. The summed E-state index contributed by atoms with van der Waals surface area (Å²) in [7, 11) is 0. The number of esters is 1. The van der Waals surface area contributed by atoms with Gasteiger partial charge in [0.2, 0.25) is 11.0 Å². The summed E-state index contributed by atoms with van der Waals surface area (Å²) in [6.45, 7) is 2.03. The number of Topliss-reactive ketones (excluding diaryl/α,β-unsaturated/α-hetero) is 1. The van der Waals surface area contributed by atoms with Gasteiger partial charge in [0.1, 0.15) is 5.82 Å². The maximum Gasteiger partial charge on any atom is 0.311 e. The lowest BCUT2D eigenvalue weighted by Gasteiger charge is -2.38. The summed E-state index contributed by atoms with van der Waals surface area (Å²) in [6.07, 6.45) is 1.73. The monoisotopic (exact) mass is 607 g/mol. The van der Waals surface area contributed by atoms with Gasteiger partial charge in [-0.2, -0.15) is 5.26 Å². The number of ketones is 1. The average molecular weight is 608 g/mol. The first-order chi connectivity index (χ1) is 19.9. The van der Waals surface area contributed by atoms with Crippen LogP contribution in [0.1, 0.15) is 43.4 Å². The summed E-state index contributed by atoms with van der Waals surface area (Å²) in [6, 6.07) is 11.7. The Morgan fingerprint density at radius 1 is 1.27 bits per heavy atom. The minimum absolute atomic E-state index is 0.00580. The van der Waals surface area contributed by atoms with E-state index in [0.29, 0.717) is 57.3 Å². The molecule has 3 N–H and O–H groups in total. The van der Waals surface area contributed by atoms with Crippen LogP contribution in [0.3, 0.4) is 0 Å². The van der Waals surface area contributed by atoms with Crippen LogP contribution >= 0.6 is 34.4 Å². The predicted octanol–water partition coefficient (Wildman–Crippen LogP) is 4.14. The lowest BCUT2D eigenvalue weighted by atomic mass is 9.76. The van der Waals surface area contributed by atoms with Crippen LogP contribution in [0.25, 0.3) is 0 Å². The second-order valence-electron chi connectivity index (χ2n) is 9.04. The van der Waals surface area contributed by atoms with Crippen molar-refractivity contribution in [1.82, 2.24) is 15.2 Å². The van der Waals surface area contributed by atoms with Crippen molar-refractivity contribution in [3.63, 3.8) is 0 Å². The van der Waals surface area contributed by atoms with Crippen LogP contribution < -0.4 is 16.0 Å². The van der Waals surface area contributed by atoms with Crippen LogP contribution in [0.4, 0.5) is 10.3 Å². The molecule has 1 unspecified atom stereocenters. The van der Waals surface area contributed by atoms with E-state index in [1.54, 1.807) is 17.2 Å². The van der Waals surface area contributed by atoms with Gasteiger partial charge in [-0.25, -0.2) is 4.98 Å². The number of carbonyl (C=O) groups is 3. The van der Waals surface area contributed by atoms with Crippen LogP contribution in [0.5, 0.6) is 0 Å². The van der Waals surface area contributed by atoms with Gasteiger partial charge in [0.15, 0.2) is 15.3 Å². The highest BCUT2D eigenvalue weighted by Gasteiger charge is 2.41. The van der Waals surface area contributed by atoms with Crippen molar-refractivity contribution in [2.45, 2.75) is 42.9 Å². The topological polar surface area (TPSA) is 164 Å². The van der Waals surface area contributed by atoms with Crippen molar-refractivity contribution in [3.05, 3.63) is 69.6 Å². The van der Waals surface area contributed by atoms with E-state index in [1.165, 1.54) is 34.4 Å². The number of carbonyl (C=O) groups excluding carboxylic acids is 3. The molecule has 3 aromatic rings. The number of hydrogen-bond donors (Lipinski definition) is 2. The molecule has 2 aliphatic rings. The van der Waals surface area contributed by atoms with E-state index < -0.39 is 5.92 Å². The SMILES string of the molecule is CCOC(=O)Cc1csc(NC(=O)CSc2nnc(N3C(N)=C(C#N)C(c4ccccc4)C4=C3CCCC4=O)s2)n1. The summed E-state index contributed by atoms with van der Waals surface area (Å²) < 4.78 is 5.45. The molecule has 2 aromatic heterocycles. The Morgan fingerprint density at radius 2 is 2.07 bits per heavy atom. The first-order valence-corrected chi connectivity index (χ1v) is 15.4. The molecule has 210 valence electrons. The molecule has 0 bridgehead atoms. The number of nitrogens with one attached hydrogen (secondary N) is 1. The molecular formula is C27H25N7O4S3. The van der Waals surface area contributed by atoms with Gasteiger partial charge in [-0.1, -0.05) is 53.4 Å². The third-order valence-electron chi connectivity index (χ3n) is 6.39. The minimum atomic E-state index is -0.533. The summed E-state index contributed by atoms with van der Waals surface area (Å²) in [4.78, 5) is 43.3. The highest BCUT2D eigenvalue weighted by molar-refractivity contribution is 8.01. The number of hydrogen-bond acceptors (Lipinski definition) is 13. The Kier molecular flexibility index (Phi) is 8.77. The molecule has 1 aromatic carbocycles. The standard InChI is InChI=1S/C27H25N7O4S3/c1-2-38-21(37)11-16-13-39-25(30-16)31-20(36)14-40-27-33-32-26(41-27)34-18-9-6-10-19(35)23(18)22(17(12-28)24(34)29)15-7-4-3-5-8-15/h3-5,7-8,13,22H,2,6,9-11,14,29H2,1H3,(H,30,31,36). The zero-order valence-corrected chi connectivity index (χ0v) is 24.4. The van der Waals surface area contributed by atoms with Crippen LogP contribution in [-0.2, 0) is 25.5 Å². The number of thiazole rings is 1. The molecule has 0 saturated heterocycles. The highest BCUT2D eigenvalue weighted by atomic mass is 32.2. The lowest BCUT2D eigenvalue weighted by Crippen LogP contribution is -2.38. The van der Waals surface area contributed by atoms with Crippen molar-refractivity contribution in [3.8, 4) is 6.07 Å². The molecule has 0 saturated carbocycles. The van der Waals surface area contributed by atoms with Gasteiger partial charge in [-0.15, -0.1) is 21.5 Å². The molecule has 41 heavy (non-hydrogen) atoms. The third-order valence-corrected chi connectivity index (χ3v) is 9.24. The largest absolute Gasteiger partial charge is 0.466 e. The van der Waals surface area contributed by atoms with Gasteiger partial charge >= 0.3 is 5.97 Å². The number of anilines is 2. The fourth-order valence-electron chi connectivity index (χ4n) is 4.72. The highest BCUT2D eigenvalue weighted by Crippen LogP contribution is 2.47. The Bertz CT molecular complexity index is 1590. The maximum absolute atomic E-state index is 13.2. The first-order valence-electron chi connectivity index (χ1n) is 12.8. The van der Waals surface area contributed by atoms with Crippen molar-refractivity contribution < 1.29 is 19.1 Å². The Balaban J connectivity index is 1.31. The second kappa shape index (κ2) is 12.6. The number of nitrogens with two attached hydrogens (primary N) is 1. The molecule has 0 fully saturated rings. The first kappa shape index (κ1) is 28.5. The van der Waals surface area contributed by atoms with E-state index in [4.69, 9.17) is 10.5 Å². The second-order valence-corrected chi connectivity index (χ2v) is 12.1. The van der Waals surface area contributed by atoms with Gasteiger partial charge < -0.3 is 15.8 Å². The molecule has 5 rings (SSSR count). The molecule has 1 aliphatic carbocycles. The van der Waals surface area contributed by atoms with Crippen molar-refractivity contribution in [2.75, 3.05) is 22.6 Å². The summed E-state index contributed by atoms with van der Waals surface area (Å²) >= 11 is 3.65. The fourth-order valence-corrected chi connectivity index (χ4v) is 7.13. The molecule has 1 aliphatic heterocycles. The van der Waals surface area contributed by atoms with Gasteiger partial charge in [0.05, 0.1) is 42.0 Å². The number of thioether (sulfide) groups is 1. The summed E-state index contributed by atoms with van der Waals surface area (Å²) in [5, 5.41) is 23.9. The van der Waals surface area contributed by atoms with E-state index in [-0.39, 0.29) is 35.7 Å². The van der Waals surface area contributed by atoms with Crippen LogP contribution in [0.15, 0.2) is 62.7 Å². The molecule has 0 radical (unpaired) electrons. The maximum atomic E-state index is 13.2. The smallest absolute Gasteiger partial charge is 0.311 e. The number of ether oxygens (including phenoxy) is 1. The van der Waals surface area contributed by atoms with Gasteiger partial charge in [-0.3, -0.25) is 19.3 Å². The quantitative estimate of drug-likeness (QED) is 0.265. The van der Waals surface area contributed by atoms with Gasteiger partial charge in [0.25, 0.3) is 0 Å². The van der Waals surface area contributed by atoms with E-state index >= 15 is 0 Å². The lowest BCUT2D eigenvalue weighted by molar-refractivity contribution is -0.142. The zero-order valence-electron chi connectivity index (χ0n) is 22.0. The number of rotatable bonds is 9. The van der Waals surface area contributed by atoms with Gasteiger partial charge in [-0.05, 0) is 25.3 Å². The normalized spacial score (nSPS) is 16.8. The Morgan fingerprint density at radius 3 is 2.83 bits per heavy atom. The predicted molar refractivity (Wildman–Crippen MR) is 156 cm³/mol. The summed E-state index contributed by atoms with van der Waals surface area (Å²) in [5.41, 5.74) is 9.54. The number of benzene rings is 1. The van der Waals surface area contributed by atoms with E-state index in [9.17, 15) is 19.6 Å². The number of allylic oxidation sites excluding steroid dienone is 3. The Hall–Kier alpha value is -4.06. The number of nitrogens with zero attached hydrogens (tertiary/aromatic N) is 5. The molecule has 11 nitrogen and oxygen atoms in total. The van der Waals surface area contributed by atoms with E-state index in [1.807, 2.05) is 30.3 Å². The number of amides is 1. The molecule has 1 amide bonds. The van der Waals surface area contributed by atoms with Crippen molar-refractivity contribution >= 4 is 62.4 Å².